The first-order chi connectivity index (χ1) is 7.54. The number of carbonyl (C=O) groups is 1. The molecule has 16 heavy (non-hydrogen) atoms. The lowest BCUT2D eigenvalue weighted by molar-refractivity contribution is -0.117. The summed E-state index contributed by atoms with van der Waals surface area (Å²) in [5, 5.41) is 3.01. The molecule has 0 saturated carbocycles. The monoisotopic (exact) mass is 240 g/mol. The first kappa shape index (κ1) is 11.1. The zero-order chi connectivity index (χ0) is 11.9. The fourth-order valence-corrected chi connectivity index (χ4v) is 2.06. The Morgan fingerprint density at radius 3 is 2.81 bits per heavy atom. The van der Waals surface area contributed by atoms with Crippen molar-refractivity contribution < 1.29 is 4.79 Å². The van der Waals surface area contributed by atoms with Crippen molar-refractivity contribution in [1.82, 2.24) is 9.97 Å². The second-order valence-corrected chi connectivity index (χ2v) is 4.07. The first-order valence-corrected chi connectivity index (χ1v) is 5.54. The second-order valence-electron chi connectivity index (χ2n) is 3.73. The molecule has 6 heteroatoms. The fourth-order valence-electron chi connectivity index (χ4n) is 1.85. The normalized spacial score (nSPS) is 19.4. The highest BCUT2D eigenvalue weighted by Gasteiger charge is 2.31. The van der Waals surface area contributed by atoms with Crippen molar-refractivity contribution in [3.05, 3.63) is 11.0 Å². The summed E-state index contributed by atoms with van der Waals surface area (Å²) in [5.41, 5.74) is 1.35. The number of anilines is 2. The van der Waals surface area contributed by atoms with Gasteiger partial charge in [-0.1, -0.05) is 0 Å². The van der Waals surface area contributed by atoms with Gasteiger partial charge in [-0.05, 0) is 32.4 Å². The van der Waals surface area contributed by atoms with E-state index < -0.39 is 0 Å². The van der Waals surface area contributed by atoms with Crippen molar-refractivity contribution in [2.24, 2.45) is 0 Å². The van der Waals surface area contributed by atoms with E-state index in [0.29, 0.717) is 23.7 Å². The van der Waals surface area contributed by atoms with Crippen LogP contribution in [0.1, 0.15) is 19.5 Å². The quantitative estimate of drug-likeness (QED) is 0.758. The Labute approximate surface area is 98.8 Å². The molecule has 2 rings (SSSR count). The maximum Gasteiger partial charge on any atom is 0.246 e. The summed E-state index contributed by atoms with van der Waals surface area (Å²) in [7, 11) is 0. The third kappa shape index (κ3) is 1.61. The predicted molar refractivity (Wildman–Crippen MR) is 62.9 cm³/mol. The number of rotatable bonds is 1. The van der Waals surface area contributed by atoms with Gasteiger partial charge in [0.05, 0.1) is 5.69 Å². The fraction of sp³-hybridized carbons (Fsp3) is 0.500. The molecule has 1 aromatic heterocycles. The maximum absolute atomic E-state index is 11.7. The lowest BCUT2D eigenvalue weighted by atomic mass is 10.1. The average molecular weight is 241 g/mol. The number of hydrogen-bond donors (Lipinski definition) is 1. The number of likely N-dealkylation sites (N-methyl/N-ethyl adjacent to an activating group) is 1. The highest BCUT2D eigenvalue weighted by atomic mass is 35.5. The van der Waals surface area contributed by atoms with E-state index in [1.54, 1.807) is 6.92 Å². The molecular formula is C10H13ClN4O. The Hall–Kier alpha value is -1.36. The number of aryl methyl sites for hydroxylation is 1. The minimum absolute atomic E-state index is 0.0385. The molecule has 0 fully saturated rings. The van der Waals surface area contributed by atoms with Crippen LogP contribution in [0, 0.1) is 6.92 Å². The number of halogens is 1. The summed E-state index contributed by atoms with van der Waals surface area (Å²) in [6, 6.07) is -0.233. The van der Waals surface area contributed by atoms with Gasteiger partial charge in [-0.2, -0.15) is 4.98 Å². The summed E-state index contributed by atoms with van der Waals surface area (Å²) < 4.78 is 0. The number of carbonyl (C=O) groups excluding carboxylic acids is 1. The Balaban J connectivity index is 2.59. The van der Waals surface area contributed by atoms with Crippen LogP contribution in [0.5, 0.6) is 0 Å². The molecule has 86 valence electrons. The molecule has 1 aliphatic rings. The van der Waals surface area contributed by atoms with Crippen LogP contribution in [0.2, 0.25) is 5.28 Å². The molecule has 0 saturated heterocycles. The van der Waals surface area contributed by atoms with E-state index in [0.717, 1.165) is 0 Å². The third-order valence-corrected chi connectivity index (χ3v) is 2.92. The Morgan fingerprint density at radius 2 is 2.19 bits per heavy atom. The standard InChI is InChI=1S/C10H13ClN4O/c1-4-15-6(3)9(16)13-7-5(2)12-10(11)14-8(7)15/h6H,4H2,1-3H3,(H,13,16)/t6-/m0/s1. The molecule has 1 aliphatic heterocycles. The molecular weight excluding hydrogens is 228 g/mol. The highest BCUT2D eigenvalue weighted by molar-refractivity contribution is 6.28. The largest absolute Gasteiger partial charge is 0.343 e. The van der Waals surface area contributed by atoms with Crippen LogP contribution in [-0.4, -0.2) is 28.5 Å². The van der Waals surface area contributed by atoms with Crippen LogP contribution in [0.15, 0.2) is 0 Å². The number of nitrogens with zero attached hydrogens (tertiary/aromatic N) is 3. The summed E-state index contributed by atoms with van der Waals surface area (Å²) in [6.45, 7) is 6.32. The van der Waals surface area contributed by atoms with Gasteiger partial charge in [0.1, 0.15) is 11.7 Å². The summed E-state index contributed by atoms with van der Waals surface area (Å²) in [5.74, 6) is 0.662. The number of nitrogens with one attached hydrogen (secondary N) is 1. The number of fused-ring (bicyclic) bond motifs is 1. The van der Waals surface area contributed by atoms with Crippen LogP contribution in [0.3, 0.4) is 0 Å². The maximum atomic E-state index is 11.7. The highest BCUT2D eigenvalue weighted by Crippen LogP contribution is 2.32. The zero-order valence-corrected chi connectivity index (χ0v) is 10.2. The number of aromatic nitrogens is 2. The topological polar surface area (TPSA) is 58.1 Å². The first-order valence-electron chi connectivity index (χ1n) is 5.16. The molecule has 0 aliphatic carbocycles. The molecule has 0 aromatic carbocycles. The van der Waals surface area contributed by atoms with Gasteiger partial charge in [-0.3, -0.25) is 4.79 Å². The van der Waals surface area contributed by atoms with Gasteiger partial charge >= 0.3 is 0 Å². The molecule has 0 unspecified atom stereocenters. The molecule has 2 heterocycles. The van der Waals surface area contributed by atoms with Crippen molar-refractivity contribution in [3.63, 3.8) is 0 Å². The van der Waals surface area contributed by atoms with E-state index in [1.807, 2.05) is 18.7 Å². The average Bonchev–Trinajstić information content (AvgIpc) is 2.22. The summed E-state index contributed by atoms with van der Waals surface area (Å²) in [4.78, 5) is 21.8. The Kier molecular flexibility index (Phi) is 2.71. The lowest BCUT2D eigenvalue weighted by Gasteiger charge is -2.34. The zero-order valence-electron chi connectivity index (χ0n) is 9.41. The second kappa shape index (κ2) is 3.90. The van der Waals surface area contributed by atoms with E-state index in [-0.39, 0.29) is 17.2 Å². The number of hydrogen-bond acceptors (Lipinski definition) is 4. The third-order valence-electron chi connectivity index (χ3n) is 2.75. The number of amides is 1. The minimum atomic E-state index is -0.233. The van der Waals surface area contributed by atoms with E-state index in [4.69, 9.17) is 11.6 Å². The van der Waals surface area contributed by atoms with Crippen molar-refractivity contribution in [3.8, 4) is 0 Å². The summed E-state index contributed by atoms with van der Waals surface area (Å²) in [6.07, 6.45) is 0. The lowest BCUT2D eigenvalue weighted by Crippen LogP contribution is -2.47. The molecule has 0 radical (unpaired) electrons. The van der Waals surface area contributed by atoms with Gasteiger partial charge in [0, 0.05) is 6.54 Å². The molecule has 0 bridgehead atoms. The molecule has 1 N–H and O–H groups in total. The van der Waals surface area contributed by atoms with Crippen LogP contribution >= 0.6 is 11.6 Å². The molecule has 1 aromatic rings. The molecule has 1 amide bonds. The molecule has 5 nitrogen and oxygen atoms in total. The van der Waals surface area contributed by atoms with E-state index in [9.17, 15) is 4.79 Å². The minimum Gasteiger partial charge on any atom is -0.343 e. The van der Waals surface area contributed by atoms with Crippen LogP contribution in [0.4, 0.5) is 11.5 Å². The van der Waals surface area contributed by atoms with Gasteiger partial charge in [-0.25, -0.2) is 4.98 Å². The van der Waals surface area contributed by atoms with E-state index >= 15 is 0 Å². The van der Waals surface area contributed by atoms with Crippen molar-refractivity contribution >= 4 is 29.0 Å². The van der Waals surface area contributed by atoms with Gasteiger partial charge in [0.2, 0.25) is 11.2 Å². The van der Waals surface area contributed by atoms with Gasteiger partial charge in [0.15, 0.2) is 5.82 Å². The molecule has 1 atom stereocenters. The van der Waals surface area contributed by atoms with Gasteiger partial charge < -0.3 is 10.2 Å². The summed E-state index contributed by atoms with van der Waals surface area (Å²) >= 11 is 5.83. The van der Waals surface area contributed by atoms with E-state index in [1.165, 1.54) is 0 Å². The molecule has 0 spiro atoms. The van der Waals surface area contributed by atoms with Crippen molar-refractivity contribution in [1.29, 1.82) is 0 Å². The smallest absolute Gasteiger partial charge is 0.246 e. The van der Waals surface area contributed by atoms with Gasteiger partial charge in [0.25, 0.3) is 0 Å². The Morgan fingerprint density at radius 1 is 1.50 bits per heavy atom. The SMILES string of the molecule is CCN1c2nc(Cl)nc(C)c2NC(=O)[C@@H]1C. The van der Waals surface area contributed by atoms with Crippen molar-refractivity contribution in [2.45, 2.75) is 26.8 Å². The van der Waals surface area contributed by atoms with Crippen LogP contribution < -0.4 is 10.2 Å². The van der Waals surface area contributed by atoms with Crippen molar-refractivity contribution in [2.75, 3.05) is 16.8 Å². The predicted octanol–water partition coefficient (Wildman–Crippen LogP) is 1.61. The van der Waals surface area contributed by atoms with E-state index in [2.05, 4.69) is 15.3 Å². The van der Waals surface area contributed by atoms with Crippen LogP contribution in [-0.2, 0) is 4.79 Å². The van der Waals surface area contributed by atoms with Gasteiger partial charge in [-0.15, -0.1) is 0 Å². The Bertz CT molecular complexity index is 449. The van der Waals surface area contributed by atoms with Crippen LogP contribution in [0.25, 0.3) is 0 Å².